The summed E-state index contributed by atoms with van der Waals surface area (Å²) in [6.07, 6.45) is 0.539. The van der Waals surface area contributed by atoms with Crippen molar-refractivity contribution in [2.24, 2.45) is 0 Å². The smallest absolute Gasteiger partial charge is 0.305 e. The molecule has 0 fully saturated rings. The molecule has 3 rings (SSSR count). The Hall–Kier alpha value is -4.60. The molecule has 1 aromatic heterocycles. The summed E-state index contributed by atoms with van der Waals surface area (Å²) in [7, 11) is 0. The zero-order valence-electron chi connectivity index (χ0n) is 19.1. The van der Waals surface area contributed by atoms with Gasteiger partial charge in [0.05, 0.1) is 6.42 Å². The molecule has 3 aromatic rings. The van der Waals surface area contributed by atoms with E-state index in [2.05, 4.69) is 10.6 Å². The van der Waals surface area contributed by atoms with Gasteiger partial charge in [0.25, 0.3) is 11.5 Å². The summed E-state index contributed by atoms with van der Waals surface area (Å²) < 4.78 is 14.1. The number of carboxylic acids is 1. The lowest BCUT2D eigenvalue weighted by Crippen LogP contribution is -2.47. The molecule has 0 bridgehead atoms. The first-order chi connectivity index (χ1) is 17.3. The molecule has 0 unspecified atom stereocenters. The van der Waals surface area contributed by atoms with Crippen LogP contribution in [0.1, 0.15) is 28.4 Å². The van der Waals surface area contributed by atoms with Crippen LogP contribution in [0.5, 0.6) is 0 Å². The van der Waals surface area contributed by atoms with Crippen LogP contribution in [0.4, 0.5) is 10.1 Å². The summed E-state index contributed by atoms with van der Waals surface area (Å²) in [6.45, 7) is -1.46. The minimum atomic E-state index is -1.60. The van der Waals surface area contributed by atoms with Gasteiger partial charge in [0.1, 0.15) is 24.4 Å². The number of rotatable bonds is 11. The number of benzene rings is 2. The van der Waals surface area contributed by atoms with Crippen molar-refractivity contribution in [3.05, 3.63) is 100 Å². The quantitative estimate of drug-likeness (QED) is 0.376. The maximum Gasteiger partial charge on any atom is 0.305 e. The highest BCUT2D eigenvalue weighted by molar-refractivity contribution is 6.04. The normalized spacial score (nSPS) is 12.2. The number of aliphatic carboxylic acids is 1. The number of pyridine rings is 1. The molecule has 2 amide bonds. The van der Waals surface area contributed by atoms with E-state index in [4.69, 9.17) is 5.11 Å². The van der Waals surface area contributed by atoms with E-state index in [0.717, 1.165) is 4.57 Å². The van der Waals surface area contributed by atoms with Gasteiger partial charge in [-0.2, -0.15) is 0 Å². The van der Waals surface area contributed by atoms with Gasteiger partial charge in [0.15, 0.2) is 5.78 Å². The highest BCUT2D eigenvalue weighted by Gasteiger charge is 2.29. The van der Waals surface area contributed by atoms with Crippen molar-refractivity contribution in [3.8, 4) is 0 Å². The van der Waals surface area contributed by atoms with E-state index < -0.39 is 54.3 Å². The number of Topliss-reactive ketones (excluding diaryl/α,β-unsaturated/α-hetero) is 1. The predicted octanol–water partition coefficient (Wildman–Crippen LogP) is 2.38. The summed E-state index contributed by atoms with van der Waals surface area (Å²) in [5, 5.41) is 13.9. The first-order valence-electron chi connectivity index (χ1n) is 11.0. The fourth-order valence-electron chi connectivity index (χ4n) is 3.57. The highest BCUT2D eigenvalue weighted by atomic mass is 19.1. The molecule has 0 aliphatic carbocycles. The Morgan fingerprint density at radius 3 is 2.17 bits per heavy atom. The molecule has 9 nitrogen and oxygen atoms in total. The molecule has 0 spiro atoms. The molecule has 2 atom stereocenters. The van der Waals surface area contributed by atoms with Crippen LogP contribution in [-0.2, 0) is 20.8 Å². The number of hydrogen-bond acceptors (Lipinski definition) is 5. The number of alkyl halides is 1. The zero-order valence-corrected chi connectivity index (χ0v) is 19.1. The van der Waals surface area contributed by atoms with Gasteiger partial charge in [0, 0.05) is 18.2 Å². The van der Waals surface area contributed by atoms with Crippen LogP contribution < -0.4 is 16.2 Å². The molecule has 0 aliphatic rings. The molecule has 3 N–H and O–H groups in total. The van der Waals surface area contributed by atoms with E-state index in [1.165, 1.54) is 18.3 Å². The number of carbonyl (C=O) groups is 4. The van der Waals surface area contributed by atoms with Crippen molar-refractivity contribution in [2.45, 2.75) is 24.9 Å². The van der Waals surface area contributed by atoms with Crippen molar-refractivity contribution in [2.75, 3.05) is 12.0 Å². The molecule has 0 saturated carbocycles. The Kier molecular flexibility index (Phi) is 8.82. The number of amides is 2. The molecular weight excluding hydrogens is 469 g/mol. The number of nitrogens with zero attached hydrogens (tertiary/aromatic N) is 1. The third-order valence-corrected chi connectivity index (χ3v) is 5.38. The summed E-state index contributed by atoms with van der Waals surface area (Å²) in [5.41, 5.74) is 0.227. The van der Waals surface area contributed by atoms with E-state index in [1.807, 2.05) is 0 Å². The second-order valence-electron chi connectivity index (χ2n) is 7.92. The third-order valence-electron chi connectivity index (χ3n) is 5.38. The fraction of sp³-hybridized carbons (Fsp3) is 0.192. The number of anilines is 1. The molecule has 36 heavy (non-hydrogen) atoms. The average molecular weight is 493 g/mol. The molecule has 186 valence electrons. The topological polar surface area (TPSA) is 135 Å². The minimum Gasteiger partial charge on any atom is -0.481 e. The largest absolute Gasteiger partial charge is 0.481 e. The van der Waals surface area contributed by atoms with Crippen molar-refractivity contribution >= 4 is 29.3 Å². The second kappa shape index (κ2) is 12.2. The van der Waals surface area contributed by atoms with Gasteiger partial charge >= 0.3 is 5.97 Å². The van der Waals surface area contributed by atoms with E-state index in [-0.39, 0.29) is 12.1 Å². The highest BCUT2D eigenvalue weighted by Crippen LogP contribution is 2.16. The number of carboxylic acid groups (broad SMARTS) is 1. The lowest BCUT2D eigenvalue weighted by atomic mass is 10.0. The third kappa shape index (κ3) is 6.72. The van der Waals surface area contributed by atoms with Crippen LogP contribution in [-0.4, -0.2) is 46.0 Å². The number of carbonyl (C=O) groups excluding carboxylic acids is 3. The van der Waals surface area contributed by atoms with E-state index in [0.29, 0.717) is 11.1 Å². The maximum absolute atomic E-state index is 13.3. The SMILES string of the molecule is O=C(O)C[C@@H](NC(=O)[C@H](Cc1ccccc1)n1cccc(NC(=O)c2ccccc2)c1=O)C(=O)CF. The molecule has 10 heteroatoms. The summed E-state index contributed by atoms with van der Waals surface area (Å²) >= 11 is 0. The van der Waals surface area contributed by atoms with Crippen LogP contribution in [0.3, 0.4) is 0 Å². The summed E-state index contributed by atoms with van der Waals surface area (Å²) in [5.74, 6) is -3.87. The van der Waals surface area contributed by atoms with E-state index in [9.17, 15) is 28.4 Å². The standard InChI is InChI=1S/C26H24FN3O6/c27-16-22(31)20(15-23(32)33)29-25(35)21(14-17-8-3-1-4-9-17)30-13-7-12-19(26(30)36)28-24(34)18-10-5-2-6-11-18/h1-13,20-21H,14-16H2,(H,28,34)(H,29,35)(H,32,33)/t20-,21+/m1/s1. The Morgan fingerprint density at radius 1 is 0.917 bits per heavy atom. The zero-order chi connectivity index (χ0) is 26.1. The number of nitrogens with one attached hydrogen (secondary N) is 2. The first-order valence-corrected chi connectivity index (χ1v) is 11.0. The van der Waals surface area contributed by atoms with Gasteiger partial charge in [-0.3, -0.25) is 24.0 Å². The number of hydrogen-bond donors (Lipinski definition) is 3. The predicted molar refractivity (Wildman–Crippen MR) is 129 cm³/mol. The van der Waals surface area contributed by atoms with Gasteiger partial charge < -0.3 is 20.3 Å². The number of halogens is 1. The van der Waals surface area contributed by atoms with Crippen LogP contribution in [0.15, 0.2) is 83.8 Å². The minimum absolute atomic E-state index is 0.00622. The second-order valence-corrected chi connectivity index (χ2v) is 7.92. The molecule has 2 aromatic carbocycles. The van der Waals surface area contributed by atoms with E-state index in [1.54, 1.807) is 60.7 Å². The van der Waals surface area contributed by atoms with Crippen molar-refractivity contribution < 1.29 is 28.7 Å². The van der Waals surface area contributed by atoms with Crippen molar-refractivity contribution in [1.29, 1.82) is 0 Å². The lowest BCUT2D eigenvalue weighted by molar-refractivity contribution is -0.140. The Labute approximate surface area is 205 Å². The molecular formula is C26H24FN3O6. The van der Waals surface area contributed by atoms with Crippen LogP contribution >= 0.6 is 0 Å². The Morgan fingerprint density at radius 2 is 1.56 bits per heavy atom. The van der Waals surface area contributed by atoms with E-state index >= 15 is 0 Å². The van der Waals surface area contributed by atoms with Crippen molar-refractivity contribution in [1.82, 2.24) is 9.88 Å². The van der Waals surface area contributed by atoms with Gasteiger partial charge in [-0.05, 0) is 29.8 Å². The number of ketones is 1. The van der Waals surface area contributed by atoms with Crippen molar-refractivity contribution in [3.63, 3.8) is 0 Å². The van der Waals surface area contributed by atoms with Gasteiger partial charge in [0.2, 0.25) is 5.91 Å². The fourth-order valence-corrected chi connectivity index (χ4v) is 3.57. The maximum atomic E-state index is 13.3. The Balaban J connectivity index is 1.95. The van der Waals surface area contributed by atoms with Crippen LogP contribution in [0, 0.1) is 0 Å². The van der Waals surface area contributed by atoms with Gasteiger partial charge in [-0.15, -0.1) is 0 Å². The summed E-state index contributed by atoms with van der Waals surface area (Å²) in [4.78, 5) is 62.1. The summed E-state index contributed by atoms with van der Waals surface area (Å²) in [6, 6.07) is 17.0. The molecule has 1 heterocycles. The molecule has 0 saturated heterocycles. The number of aromatic nitrogens is 1. The monoisotopic (exact) mass is 493 g/mol. The molecule has 0 aliphatic heterocycles. The van der Waals surface area contributed by atoms with Gasteiger partial charge in [-0.25, -0.2) is 4.39 Å². The van der Waals surface area contributed by atoms with Crippen LogP contribution in [0.2, 0.25) is 0 Å². The van der Waals surface area contributed by atoms with Gasteiger partial charge in [-0.1, -0.05) is 48.5 Å². The van der Waals surface area contributed by atoms with Crippen LogP contribution in [0.25, 0.3) is 0 Å². The Bertz CT molecular complexity index is 1290. The molecule has 0 radical (unpaired) electrons. The average Bonchev–Trinajstić information content (AvgIpc) is 2.88. The lowest BCUT2D eigenvalue weighted by Gasteiger charge is -2.23. The first kappa shape index (κ1) is 26.0.